The van der Waals surface area contributed by atoms with E-state index >= 15 is 0 Å². The number of aliphatic hydroxyl groups excluding tert-OH is 1. The Morgan fingerprint density at radius 3 is 3.00 bits per heavy atom. The number of aliphatic hydroxyl groups is 1. The monoisotopic (exact) mass is 250 g/mol. The second kappa shape index (κ2) is 6.15. The quantitative estimate of drug-likeness (QED) is 0.798. The van der Waals surface area contributed by atoms with Gasteiger partial charge < -0.3 is 9.84 Å². The molecule has 2 aromatic rings. The summed E-state index contributed by atoms with van der Waals surface area (Å²) < 4.78 is 6.64. The normalized spacial score (nSPS) is 13.1. The summed E-state index contributed by atoms with van der Waals surface area (Å²) in [6.07, 6.45) is 1.27. The van der Waals surface area contributed by atoms with Crippen molar-refractivity contribution in [1.29, 1.82) is 0 Å². The third-order valence-corrected chi connectivity index (χ3v) is 3.69. The molecule has 0 aliphatic rings. The summed E-state index contributed by atoms with van der Waals surface area (Å²) in [6.45, 7) is 3.22. The van der Waals surface area contributed by atoms with E-state index in [-0.39, 0.29) is 0 Å². The summed E-state index contributed by atoms with van der Waals surface area (Å²) in [6, 6.07) is 8.31. The maximum Gasteiger partial charge on any atom is 0.0814 e. The predicted molar refractivity (Wildman–Crippen MR) is 72.6 cm³/mol. The average Bonchev–Trinajstić information content (AvgIpc) is 2.73. The SMILES string of the molecule is CCCOCC(O)Cc1csc2ccccc12. The molecule has 2 nitrogen and oxygen atoms in total. The molecule has 0 spiro atoms. The fourth-order valence-electron chi connectivity index (χ4n) is 1.87. The topological polar surface area (TPSA) is 29.5 Å². The lowest BCUT2D eigenvalue weighted by atomic mass is 10.1. The Morgan fingerprint density at radius 2 is 2.18 bits per heavy atom. The van der Waals surface area contributed by atoms with Gasteiger partial charge in [-0.3, -0.25) is 0 Å². The molecule has 1 unspecified atom stereocenters. The summed E-state index contributed by atoms with van der Waals surface area (Å²) in [5.74, 6) is 0. The van der Waals surface area contributed by atoms with Crippen LogP contribution >= 0.6 is 11.3 Å². The first-order valence-electron chi connectivity index (χ1n) is 6.02. The molecule has 1 atom stereocenters. The van der Waals surface area contributed by atoms with E-state index in [9.17, 15) is 5.11 Å². The molecule has 3 heteroatoms. The molecule has 0 amide bonds. The maximum atomic E-state index is 9.89. The van der Waals surface area contributed by atoms with Gasteiger partial charge in [0.15, 0.2) is 0 Å². The minimum Gasteiger partial charge on any atom is -0.390 e. The van der Waals surface area contributed by atoms with Crippen molar-refractivity contribution in [2.24, 2.45) is 0 Å². The zero-order valence-corrected chi connectivity index (χ0v) is 10.9. The number of hydrogen-bond donors (Lipinski definition) is 1. The number of thiophene rings is 1. The number of ether oxygens (including phenoxy) is 1. The second-order valence-corrected chi connectivity index (χ2v) is 5.10. The van der Waals surface area contributed by atoms with Gasteiger partial charge in [-0.25, -0.2) is 0 Å². The van der Waals surface area contributed by atoms with Gasteiger partial charge in [-0.15, -0.1) is 11.3 Å². The lowest BCUT2D eigenvalue weighted by Crippen LogP contribution is -2.18. The highest BCUT2D eigenvalue weighted by molar-refractivity contribution is 7.17. The van der Waals surface area contributed by atoms with Crippen molar-refractivity contribution >= 4 is 21.4 Å². The van der Waals surface area contributed by atoms with Crippen LogP contribution in [0.2, 0.25) is 0 Å². The molecule has 1 N–H and O–H groups in total. The molecule has 0 saturated heterocycles. The molecule has 17 heavy (non-hydrogen) atoms. The third kappa shape index (κ3) is 3.28. The van der Waals surface area contributed by atoms with Crippen LogP contribution in [0.1, 0.15) is 18.9 Å². The van der Waals surface area contributed by atoms with E-state index < -0.39 is 6.10 Å². The highest BCUT2D eigenvalue weighted by Gasteiger charge is 2.09. The van der Waals surface area contributed by atoms with Crippen molar-refractivity contribution in [3.05, 3.63) is 35.2 Å². The first-order valence-corrected chi connectivity index (χ1v) is 6.90. The fraction of sp³-hybridized carbons (Fsp3) is 0.429. The van der Waals surface area contributed by atoms with Gasteiger partial charge in [0.25, 0.3) is 0 Å². The van der Waals surface area contributed by atoms with Gasteiger partial charge in [-0.05, 0) is 28.8 Å². The van der Waals surface area contributed by atoms with E-state index in [1.165, 1.54) is 15.6 Å². The largest absolute Gasteiger partial charge is 0.390 e. The molecule has 92 valence electrons. The van der Waals surface area contributed by atoms with E-state index in [1.54, 1.807) is 11.3 Å². The van der Waals surface area contributed by atoms with E-state index in [1.807, 2.05) is 12.1 Å². The van der Waals surface area contributed by atoms with Crippen molar-refractivity contribution in [3.63, 3.8) is 0 Å². The van der Waals surface area contributed by atoms with Crippen LogP contribution < -0.4 is 0 Å². The molecule has 0 fully saturated rings. The van der Waals surface area contributed by atoms with Crippen LogP contribution in [0, 0.1) is 0 Å². The molecule has 0 aliphatic carbocycles. The van der Waals surface area contributed by atoms with Gasteiger partial charge in [0, 0.05) is 17.7 Å². The number of rotatable bonds is 6. The molecule has 0 bridgehead atoms. The molecule has 1 heterocycles. The van der Waals surface area contributed by atoms with Gasteiger partial charge in [0.1, 0.15) is 0 Å². The highest BCUT2D eigenvalue weighted by atomic mass is 32.1. The van der Waals surface area contributed by atoms with Crippen molar-refractivity contribution in [2.45, 2.75) is 25.9 Å². The predicted octanol–water partition coefficient (Wildman–Crippen LogP) is 3.23. The lowest BCUT2D eigenvalue weighted by molar-refractivity contribution is 0.0376. The molecule has 1 aromatic carbocycles. The summed E-state index contributed by atoms with van der Waals surface area (Å²) in [5, 5.41) is 13.3. The van der Waals surface area contributed by atoms with E-state index in [2.05, 4.69) is 24.4 Å². The smallest absolute Gasteiger partial charge is 0.0814 e. The Morgan fingerprint density at radius 1 is 1.35 bits per heavy atom. The average molecular weight is 250 g/mol. The second-order valence-electron chi connectivity index (χ2n) is 4.19. The van der Waals surface area contributed by atoms with Gasteiger partial charge in [-0.1, -0.05) is 25.1 Å². The van der Waals surface area contributed by atoms with Gasteiger partial charge >= 0.3 is 0 Å². The van der Waals surface area contributed by atoms with Gasteiger partial charge in [0.2, 0.25) is 0 Å². The lowest BCUT2D eigenvalue weighted by Gasteiger charge is -2.10. The molecule has 0 aliphatic heterocycles. The van der Waals surface area contributed by atoms with Crippen LogP contribution in [0.15, 0.2) is 29.6 Å². The third-order valence-electron chi connectivity index (χ3n) is 2.68. The highest BCUT2D eigenvalue weighted by Crippen LogP contribution is 2.26. The zero-order valence-electron chi connectivity index (χ0n) is 10.1. The molecule has 1 aromatic heterocycles. The van der Waals surface area contributed by atoms with Crippen molar-refractivity contribution in [2.75, 3.05) is 13.2 Å². The number of hydrogen-bond acceptors (Lipinski definition) is 3. The first kappa shape index (κ1) is 12.6. The Bertz CT molecular complexity index is 464. The van der Waals surface area contributed by atoms with Gasteiger partial charge in [0.05, 0.1) is 12.7 Å². The van der Waals surface area contributed by atoms with Crippen LogP contribution in [0.5, 0.6) is 0 Å². The number of fused-ring (bicyclic) bond motifs is 1. The molecular weight excluding hydrogens is 232 g/mol. The van der Waals surface area contributed by atoms with E-state index in [0.717, 1.165) is 13.0 Å². The zero-order chi connectivity index (χ0) is 12.1. The maximum absolute atomic E-state index is 9.89. The fourth-order valence-corrected chi connectivity index (χ4v) is 2.84. The molecular formula is C14H18O2S. The summed E-state index contributed by atoms with van der Waals surface area (Å²) >= 11 is 1.73. The summed E-state index contributed by atoms with van der Waals surface area (Å²) in [7, 11) is 0. The Kier molecular flexibility index (Phi) is 4.54. The van der Waals surface area contributed by atoms with Crippen LogP contribution in [0.25, 0.3) is 10.1 Å². The van der Waals surface area contributed by atoms with E-state index in [0.29, 0.717) is 13.0 Å². The molecule has 0 radical (unpaired) electrons. The minimum atomic E-state index is -0.403. The Labute approximate surface area is 106 Å². The molecule has 0 saturated carbocycles. The van der Waals surface area contributed by atoms with Crippen molar-refractivity contribution < 1.29 is 9.84 Å². The first-order chi connectivity index (χ1) is 8.31. The number of benzene rings is 1. The summed E-state index contributed by atoms with van der Waals surface area (Å²) in [4.78, 5) is 0. The van der Waals surface area contributed by atoms with E-state index in [4.69, 9.17) is 4.74 Å². The van der Waals surface area contributed by atoms with Crippen molar-refractivity contribution in [3.8, 4) is 0 Å². The van der Waals surface area contributed by atoms with Crippen LogP contribution in [0.3, 0.4) is 0 Å². The Balaban J connectivity index is 1.98. The standard InChI is InChI=1S/C14H18O2S/c1-2-7-16-9-12(15)8-11-10-17-14-6-4-3-5-13(11)14/h3-6,10,12,15H,2,7-9H2,1H3. The van der Waals surface area contributed by atoms with Crippen LogP contribution in [-0.2, 0) is 11.2 Å². The van der Waals surface area contributed by atoms with Crippen molar-refractivity contribution in [1.82, 2.24) is 0 Å². The van der Waals surface area contributed by atoms with Crippen LogP contribution in [0.4, 0.5) is 0 Å². The Hall–Kier alpha value is -0.900. The van der Waals surface area contributed by atoms with Crippen LogP contribution in [-0.4, -0.2) is 24.4 Å². The summed E-state index contributed by atoms with van der Waals surface area (Å²) in [5.41, 5.74) is 1.22. The van der Waals surface area contributed by atoms with Gasteiger partial charge in [-0.2, -0.15) is 0 Å². The molecule has 2 rings (SSSR count). The minimum absolute atomic E-state index is 0.403.